The monoisotopic (exact) mass is 1020 g/mol. The number of aromatic nitrogens is 1. The van der Waals surface area contributed by atoms with Crippen LogP contribution in [-0.2, 0) is 27.1 Å². The van der Waals surface area contributed by atoms with Crippen molar-refractivity contribution < 1.29 is 4.42 Å². The molecule has 0 N–H and O–H groups in total. The summed E-state index contributed by atoms with van der Waals surface area (Å²) < 4.78 is 9.84. The molecule has 386 valence electrons. The molecule has 1 aliphatic carbocycles. The van der Waals surface area contributed by atoms with Gasteiger partial charge in [0.25, 0.3) is 0 Å². The molecule has 0 fully saturated rings. The number of para-hydroxylation sites is 2. The fourth-order valence-electron chi connectivity index (χ4n) is 13.7. The zero-order chi connectivity index (χ0) is 54.3. The molecule has 14 rings (SSSR count). The number of furan rings is 1. The quantitative estimate of drug-likeness (QED) is 0.164. The highest BCUT2D eigenvalue weighted by Crippen LogP contribution is 2.58. The third-order valence-electron chi connectivity index (χ3n) is 17.9. The van der Waals surface area contributed by atoms with Gasteiger partial charge in [-0.2, -0.15) is 0 Å². The summed E-state index contributed by atoms with van der Waals surface area (Å²) in [6.45, 7) is 32.6. The summed E-state index contributed by atoms with van der Waals surface area (Å²) in [6, 6.07) is 65.4. The smallest absolute Gasteiger partial charge is 0.333 e. The molecule has 5 heteroatoms. The minimum absolute atomic E-state index is 0.0119. The fourth-order valence-corrected chi connectivity index (χ4v) is 13.7. The molecule has 4 nitrogen and oxygen atoms in total. The molecule has 2 aromatic heterocycles. The predicted octanol–water partition coefficient (Wildman–Crippen LogP) is 18.9. The van der Waals surface area contributed by atoms with Crippen molar-refractivity contribution in [1.29, 1.82) is 0 Å². The molecule has 0 spiro atoms. The molecular formula is C73H70BN3O. The number of hydrogen-bond acceptors (Lipinski definition) is 3. The maximum absolute atomic E-state index is 7.18. The topological polar surface area (TPSA) is 24.6 Å². The van der Waals surface area contributed by atoms with Crippen LogP contribution in [0.4, 0.5) is 28.4 Å². The van der Waals surface area contributed by atoms with E-state index >= 15 is 0 Å². The first-order valence-electron chi connectivity index (χ1n) is 28.3. The highest BCUT2D eigenvalue weighted by atomic mass is 16.3. The Bertz CT molecular complexity index is 4270. The molecule has 2 aliphatic heterocycles. The normalized spacial score (nSPS) is 14.6. The molecule has 0 amide bonds. The van der Waals surface area contributed by atoms with Gasteiger partial charge in [0.2, 0.25) is 0 Å². The fraction of sp³-hybridized carbons (Fsp3) is 0.260. The Kier molecular flexibility index (Phi) is 10.1. The largest absolute Gasteiger partial charge is 0.454 e. The van der Waals surface area contributed by atoms with Crippen molar-refractivity contribution in [1.82, 2.24) is 4.57 Å². The van der Waals surface area contributed by atoms with Gasteiger partial charge in [-0.3, -0.25) is 0 Å². The van der Waals surface area contributed by atoms with Crippen molar-refractivity contribution in [3.05, 3.63) is 203 Å². The van der Waals surface area contributed by atoms with Gasteiger partial charge < -0.3 is 18.7 Å². The first-order chi connectivity index (χ1) is 37.0. The van der Waals surface area contributed by atoms with Crippen LogP contribution in [0.5, 0.6) is 0 Å². The second-order valence-corrected chi connectivity index (χ2v) is 27.5. The van der Waals surface area contributed by atoms with E-state index in [0.717, 1.165) is 50.4 Å². The number of benzene rings is 9. The first kappa shape index (κ1) is 48.6. The number of fused-ring (bicyclic) bond motifs is 14. The average Bonchev–Trinajstić information content (AvgIpc) is 2.20. The summed E-state index contributed by atoms with van der Waals surface area (Å²) >= 11 is 0. The summed E-state index contributed by atoms with van der Waals surface area (Å²) in [4.78, 5) is 5.17. The Morgan fingerprint density at radius 1 is 0.449 bits per heavy atom. The molecule has 11 aromatic rings. The summed E-state index contributed by atoms with van der Waals surface area (Å²) in [5, 5.41) is 4.84. The highest BCUT2D eigenvalue weighted by Gasteiger charge is 2.50. The van der Waals surface area contributed by atoms with E-state index in [4.69, 9.17) is 4.42 Å². The molecular weight excluding hydrogens is 946 g/mol. The molecule has 0 bridgehead atoms. The van der Waals surface area contributed by atoms with Crippen LogP contribution in [0.1, 0.15) is 130 Å². The van der Waals surface area contributed by atoms with Crippen molar-refractivity contribution in [3.63, 3.8) is 0 Å². The van der Waals surface area contributed by atoms with Gasteiger partial charge in [-0.25, -0.2) is 0 Å². The lowest BCUT2D eigenvalue weighted by atomic mass is 9.43. The second-order valence-electron chi connectivity index (χ2n) is 27.5. The Morgan fingerprint density at radius 3 is 1.71 bits per heavy atom. The van der Waals surface area contributed by atoms with Crippen LogP contribution in [0.2, 0.25) is 0 Å². The summed E-state index contributed by atoms with van der Waals surface area (Å²) in [7, 11) is 0. The highest BCUT2D eigenvalue weighted by molar-refractivity contribution is 6.94. The predicted molar refractivity (Wildman–Crippen MR) is 334 cm³/mol. The van der Waals surface area contributed by atoms with Crippen molar-refractivity contribution >= 4 is 90.0 Å². The molecule has 0 saturated heterocycles. The molecule has 0 saturated carbocycles. The number of nitrogens with zero attached hydrogens (tertiary/aromatic N) is 3. The van der Waals surface area contributed by atoms with Gasteiger partial charge in [-0.1, -0.05) is 194 Å². The number of hydrogen-bond donors (Lipinski definition) is 0. The maximum Gasteiger partial charge on any atom is 0.333 e. The van der Waals surface area contributed by atoms with E-state index in [1.165, 1.54) is 94.1 Å². The molecule has 0 radical (unpaired) electrons. The van der Waals surface area contributed by atoms with Crippen LogP contribution in [0, 0.1) is 0 Å². The lowest BCUT2D eigenvalue weighted by molar-refractivity contribution is 0.590. The second kappa shape index (κ2) is 16.2. The Labute approximate surface area is 461 Å². The van der Waals surface area contributed by atoms with E-state index in [9.17, 15) is 0 Å². The van der Waals surface area contributed by atoms with E-state index in [-0.39, 0.29) is 33.9 Å². The Morgan fingerprint density at radius 2 is 1.04 bits per heavy atom. The standard InChI is InChI=1S/C73H70BN3O/c1-69(2,3)43-26-31-47(32-27-43)75(48-33-28-44(29-34-48)70(4,5)6)49-35-36-53-61(41-49)77(60-24-19-22-52-51-21-16-18-25-63(51)78-68(52)60)74-58-40-46(72(10,11)12)39-56-54-38-45(71(7,8)9)30-37-59(54)76(67(56)58)62-42-55-50-20-15-17-23-57(50)73(13,14)65(55)64(53)66(62)74/h15-42H,1-14H3. The third kappa shape index (κ3) is 6.98. The Balaban J connectivity index is 1.15. The summed E-state index contributed by atoms with van der Waals surface area (Å²) in [5.41, 5.74) is 26.6. The SMILES string of the molecule is CC(C)(C)c1ccc(N(c2ccc(C(C)(C)C)cc2)c2ccc3c(c2)N(c2cccc4c2oc2ccccc24)B2c4c(cc5c(c4-3)C(C)(C)c3ccccc3-5)-n3c4ccc(C(C)(C)C)cc4c4cc(C(C)(C)C)cc2c43)cc1. The van der Waals surface area contributed by atoms with Crippen LogP contribution in [-0.4, -0.2) is 11.4 Å². The molecule has 9 aromatic carbocycles. The summed E-state index contributed by atoms with van der Waals surface area (Å²) in [5.74, 6) is 0. The van der Waals surface area contributed by atoms with Crippen LogP contribution in [0.25, 0.3) is 71.7 Å². The van der Waals surface area contributed by atoms with Crippen LogP contribution >= 0.6 is 0 Å². The Hall–Kier alpha value is -7.76. The zero-order valence-electron chi connectivity index (χ0n) is 48.0. The average molecular weight is 1020 g/mol. The van der Waals surface area contributed by atoms with Gasteiger partial charge >= 0.3 is 6.85 Å². The van der Waals surface area contributed by atoms with Gasteiger partial charge in [0.1, 0.15) is 5.58 Å². The molecule has 3 aliphatic rings. The van der Waals surface area contributed by atoms with E-state index < -0.39 is 0 Å². The van der Waals surface area contributed by atoms with Gasteiger partial charge in [0.05, 0.1) is 16.7 Å². The van der Waals surface area contributed by atoms with Crippen LogP contribution in [0.3, 0.4) is 0 Å². The van der Waals surface area contributed by atoms with Crippen molar-refractivity contribution in [2.75, 3.05) is 9.71 Å². The third-order valence-corrected chi connectivity index (χ3v) is 17.9. The van der Waals surface area contributed by atoms with E-state index in [2.05, 4.69) is 281 Å². The van der Waals surface area contributed by atoms with E-state index in [1.54, 1.807) is 0 Å². The lowest BCUT2D eigenvalue weighted by Crippen LogP contribution is -2.61. The summed E-state index contributed by atoms with van der Waals surface area (Å²) in [6.07, 6.45) is 0. The van der Waals surface area contributed by atoms with Crippen molar-refractivity contribution in [2.45, 2.75) is 124 Å². The zero-order valence-corrected chi connectivity index (χ0v) is 48.0. The van der Waals surface area contributed by atoms with Crippen LogP contribution in [0.15, 0.2) is 174 Å². The molecule has 0 unspecified atom stereocenters. The van der Waals surface area contributed by atoms with Gasteiger partial charge in [-0.05, 0) is 155 Å². The van der Waals surface area contributed by atoms with Gasteiger partial charge in [0.15, 0.2) is 5.58 Å². The molecule has 4 heterocycles. The van der Waals surface area contributed by atoms with Crippen LogP contribution < -0.4 is 20.6 Å². The minimum atomic E-state index is -0.295. The lowest BCUT2D eigenvalue weighted by Gasteiger charge is -2.44. The number of anilines is 5. The van der Waals surface area contributed by atoms with Crippen molar-refractivity contribution in [2.24, 2.45) is 0 Å². The van der Waals surface area contributed by atoms with Crippen molar-refractivity contribution in [3.8, 4) is 27.9 Å². The minimum Gasteiger partial charge on any atom is -0.454 e. The first-order valence-corrected chi connectivity index (χ1v) is 28.3. The van der Waals surface area contributed by atoms with Gasteiger partial charge in [-0.15, -0.1) is 0 Å². The maximum atomic E-state index is 7.18. The molecule has 0 atom stereocenters. The van der Waals surface area contributed by atoms with E-state index in [0.29, 0.717) is 0 Å². The van der Waals surface area contributed by atoms with E-state index in [1.807, 2.05) is 0 Å². The van der Waals surface area contributed by atoms with Gasteiger partial charge in [0, 0.05) is 61.0 Å². The number of rotatable bonds is 4. The molecule has 78 heavy (non-hydrogen) atoms.